The van der Waals surface area contributed by atoms with Gasteiger partial charge in [-0.15, -0.1) is 10.2 Å². The summed E-state index contributed by atoms with van der Waals surface area (Å²) < 4.78 is 110. The first-order valence-electron chi connectivity index (χ1n) is 15.8. The van der Waals surface area contributed by atoms with Gasteiger partial charge in [-0.25, -0.2) is 4.18 Å². The van der Waals surface area contributed by atoms with Crippen molar-refractivity contribution in [3.05, 3.63) is 89.2 Å². The zero-order valence-electron chi connectivity index (χ0n) is 28.7. The Morgan fingerprint density at radius 3 is 2.16 bits per heavy atom. The molecule has 1 heterocycles. The Labute approximate surface area is 323 Å². The highest BCUT2D eigenvalue weighted by molar-refractivity contribution is 7.86. The van der Waals surface area contributed by atoms with Crippen molar-refractivity contribution in [3.8, 4) is 11.5 Å². The van der Waals surface area contributed by atoms with Crippen LogP contribution in [0.15, 0.2) is 92.8 Å². The second-order valence-electron chi connectivity index (χ2n) is 11.8. The summed E-state index contributed by atoms with van der Waals surface area (Å²) in [7, 11) is -14.3. The van der Waals surface area contributed by atoms with Crippen LogP contribution in [0.25, 0.3) is 21.5 Å². The van der Waals surface area contributed by atoms with E-state index in [9.17, 15) is 39.5 Å². The van der Waals surface area contributed by atoms with Gasteiger partial charge in [0.05, 0.1) is 10.6 Å². The number of nitrogens with zero attached hydrogens (tertiary/aromatic N) is 5. The minimum Gasteiger partial charge on any atom is -0.505 e. The number of benzene rings is 5. The number of fused-ring (bicyclic) bond motifs is 2. The van der Waals surface area contributed by atoms with Crippen molar-refractivity contribution in [1.82, 2.24) is 15.0 Å². The maximum Gasteiger partial charge on any atom is 0.397 e. The number of aryl methyl sites for hydroxylation is 2. The Kier molecular flexibility index (Phi) is 11.1. The van der Waals surface area contributed by atoms with Crippen LogP contribution in [0, 0.1) is 13.8 Å². The summed E-state index contributed by atoms with van der Waals surface area (Å²) in [5.41, 5.74) is 0.830. The average molecular weight is 846 g/mol. The Bertz CT molecular complexity index is 2920. The van der Waals surface area contributed by atoms with Crippen molar-refractivity contribution in [3.63, 3.8) is 0 Å². The number of halogens is 1. The summed E-state index contributed by atoms with van der Waals surface area (Å²) in [5.74, 6) is -0.659. The molecule has 0 amide bonds. The molecule has 23 heteroatoms. The number of anilines is 4. The number of phenolic OH excluding ortho intramolecular Hbond substituents is 1. The minimum absolute atomic E-state index is 0.0463. The first-order valence-corrected chi connectivity index (χ1v) is 20.4. The standard InChI is InChI=1S/C33H28ClN7O12S3/c1-17-5-3-8-24-23(17)9-10-25(30(24)55(46,47)48)40-41-28-18(2)13-19-14-22(54(43,44)45)16-26(27(19)29(28)42)36-33-38-31(34)37-32(39-33)35-20-6-4-7-21(15-20)52-11-12-53-56(49,50)51/h3-10,13-16,42H,11-12H2,1-2H3,(H,43,44,45)(H,46,47,48)(H,49,50,51)(H2,35,36,37,38,39). The minimum atomic E-state index is -4.81. The Hall–Kier alpha value is -5.59. The number of hydrogen-bond donors (Lipinski definition) is 6. The van der Waals surface area contributed by atoms with Crippen LogP contribution in [-0.4, -0.2) is 72.2 Å². The highest BCUT2D eigenvalue weighted by Gasteiger charge is 2.23. The summed E-state index contributed by atoms with van der Waals surface area (Å²) in [5, 5.41) is 26.0. The third-order valence-corrected chi connectivity index (χ3v) is 10.3. The summed E-state index contributed by atoms with van der Waals surface area (Å²) in [4.78, 5) is 11.3. The lowest BCUT2D eigenvalue weighted by Crippen LogP contribution is -2.11. The molecule has 0 atom stereocenters. The van der Waals surface area contributed by atoms with E-state index in [0.29, 0.717) is 11.1 Å². The van der Waals surface area contributed by atoms with E-state index in [1.54, 1.807) is 43.3 Å². The van der Waals surface area contributed by atoms with Crippen LogP contribution >= 0.6 is 11.6 Å². The smallest absolute Gasteiger partial charge is 0.397 e. The van der Waals surface area contributed by atoms with Gasteiger partial charge in [-0.3, -0.25) is 13.7 Å². The molecule has 292 valence electrons. The fourth-order valence-corrected chi connectivity index (χ4v) is 7.41. The van der Waals surface area contributed by atoms with Gasteiger partial charge < -0.3 is 20.5 Å². The summed E-state index contributed by atoms with van der Waals surface area (Å²) in [6.07, 6.45) is 0. The van der Waals surface area contributed by atoms with Gasteiger partial charge in [0, 0.05) is 22.5 Å². The molecule has 0 unspecified atom stereocenters. The van der Waals surface area contributed by atoms with Gasteiger partial charge in [0.25, 0.3) is 20.2 Å². The third-order valence-electron chi connectivity index (χ3n) is 7.90. The second kappa shape index (κ2) is 15.5. The molecular weight excluding hydrogens is 818 g/mol. The molecule has 0 saturated heterocycles. The van der Waals surface area contributed by atoms with Gasteiger partial charge in [-0.1, -0.05) is 30.3 Å². The van der Waals surface area contributed by atoms with Crippen molar-refractivity contribution in [2.75, 3.05) is 23.8 Å². The Morgan fingerprint density at radius 1 is 0.750 bits per heavy atom. The zero-order chi connectivity index (χ0) is 40.6. The maximum absolute atomic E-state index is 12.5. The third kappa shape index (κ3) is 9.26. The first-order chi connectivity index (χ1) is 26.3. The van der Waals surface area contributed by atoms with E-state index in [2.05, 4.69) is 40.0 Å². The van der Waals surface area contributed by atoms with Gasteiger partial charge in [0.2, 0.25) is 17.2 Å². The second-order valence-corrected chi connectivity index (χ2v) is 16.0. The number of rotatable bonds is 13. The van der Waals surface area contributed by atoms with Crippen molar-refractivity contribution in [2.45, 2.75) is 23.6 Å². The molecule has 56 heavy (non-hydrogen) atoms. The number of azo groups is 1. The predicted molar refractivity (Wildman–Crippen MR) is 204 cm³/mol. The van der Waals surface area contributed by atoms with Crippen molar-refractivity contribution in [2.24, 2.45) is 10.2 Å². The van der Waals surface area contributed by atoms with Gasteiger partial charge in [0.1, 0.15) is 35.2 Å². The average Bonchev–Trinajstić information content (AvgIpc) is 3.08. The molecule has 0 aliphatic rings. The van der Waals surface area contributed by atoms with Crippen molar-refractivity contribution in [1.29, 1.82) is 0 Å². The molecule has 0 aliphatic carbocycles. The summed E-state index contributed by atoms with van der Waals surface area (Å²) in [6, 6.07) is 17.6. The molecule has 6 N–H and O–H groups in total. The number of ether oxygens (including phenoxy) is 1. The largest absolute Gasteiger partial charge is 0.505 e. The normalized spacial score (nSPS) is 12.4. The molecule has 0 fully saturated rings. The van der Waals surface area contributed by atoms with Crippen molar-refractivity contribution < 1.29 is 52.9 Å². The van der Waals surface area contributed by atoms with E-state index in [-0.39, 0.29) is 68.3 Å². The van der Waals surface area contributed by atoms with E-state index in [1.165, 1.54) is 31.2 Å². The molecule has 0 radical (unpaired) electrons. The summed E-state index contributed by atoms with van der Waals surface area (Å²) >= 11 is 6.20. The Balaban J connectivity index is 1.38. The molecule has 19 nitrogen and oxygen atoms in total. The van der Waals surface area contributed by atoms with E-state index in [1.807, 2.05) is 0 Å². The molecule has 5 aromatic carbocycles. The fourth-order valence-electron chi connectivity index (χ4n) is 5.60. The van der Waals surface area contributed by atoms with Crippen LogP contribution in [0.4, 0.5) is 34.6 Å². The molecule has 1 aromatic heterocycles. The quantitative estimate of drug-likeness (QED) is 0.0398. The highest BCUT2D eigenvalue weighted by Crippen LogP contribution is 2.44. The lowest BCUT2D eigenvalue weighted by atomic mass is 10.0. The van der Waals surface area contributed by atoms with E-state index in [4.69, 9.17) is 20.9 Å². The topological polar surface area (TPSA) is 289 Å². The van der Waals surface area contributed by atoms with E-state index in [0.717, 1.165) is 17.7 Å². The maximum atomic E-state index is 12.5. The molecule has 0 aliphatic heterocycles. The van der Waals surface area contributed by atoms with Crippen LogP contribution in [0.5, 0.6) is 11.5 Å². The molecule has 0 spiro atoms. The number of nitrogens with one attached hydrogen (secondary N) is 2. The SMILES string of the molecule is Cc1cc2cc(S(=O)(=O)O)cc(Nc3nc(Cl)nc(Nc4cccc(OCCOS(=O)(=O)O)c4)n3)c2c(O)c1N=Nc1ccc2c(C)cccc2c1S(=O)(=O)O. The van der Waals surface area contributed by atoms with Crippen LogP contribution in [0.3, 0.4) is 0 Å². The highest BCUT2D eigenvalue weighted by atomic mass is 35.5. The van der Waals surface area contributed by atoms with Gasteiger partial charge in [-0.2, -0.15) is 40.2 Å². The molecule has 6 rings (SSSR count). The Morgan fingerprint density at radius 2 is 1.46 bits per heavy atom. The van der Waals surface area contributed by atoms with Crippen LogP contribution in [0.1, 0.15) is 11.1 Å². The zero-order valence-corrected chi connectivity index (χ0v) is 31.9. The molecular formula is C33H28ClN7O12S3. The van der Waals surface area contributed by atoms with Gasteiger partial charge in [-0.05, 0) is 83.7 Å². The predicted octanol–water partition coefficient (Wildman–Crippen LogP) is 6.75. The first kappa shape index (κ1) is 40.1. The molecule has 0 bridgehead atoms. The monoisotopic (exact) mass is 845 g/mol. The van der Waals surface area contributed by atoms with Crippen LogP contribution in [-0.2, 0) is 34.8 Å². The van der Waals surface area contributed by atoms with E-state index < -0.39 is 52.8 Å². The van der Waals surface area contributed by atoms with E-state index >= 15 is 0 Å². The lowest BCUT2D eigenvalue weighted by molar-refractivity contribution is 0.202. The van der Waals surface area contributed by atoms with Crippen molar-refractivity contribution >= 4 is 98.4 Å². The number of aromatic nitrogens is 3. The van der Waals surface area contributed by atoms with Crippen LogP contribution in [0.2, 0.25) is 5.28 Å². The summed E-state index contributed by atoms with van der Waals surface area (Å²) in [6.45, 7) is 2.60. The molecule has 0 saturated carbocycles. The number of hydrogen-bond acceptors (Lipinski definition) is 16. The molecule has 6 aromatic rings. The fraction of sp³-hybridized carbons (Fsp3) is 0.121. The number of aromatic hydroxyl groups is 1. The van der Waals surface area contributed by atoms with Crippen LogP contribution < -0.4 is 15.4 Å². The van der Waals surface area contributed by atoms with Gasteiger partial charge >= 0.3 is 10.4 Å². The lowest BCUT2D eigenvalue weighted by Gasteiger charge is -2.15. The number of phenols is 1. The van der Waals surface area contributed by atoms with Gasteiger partial charge in [0.15, 0.2) is 5.75 Å².